The van der Waals surface area contributed by atoms with Crippen LogP contribution in [-0.4, -0.2) is 36.0 Å². The van der Waals surface area contributed by atoms with E-state index in [2.05, 4.69) is 49.1 Å². The van der Waals surface area contributed by atoms with Crippen LogP contribution in [0.25, 0.3) is 0 Å². The molecule has 1 fully saturated rings. The van der Waals surface area contributed by atoms with Gasteiger partial charge < -0.3 is 4.74 Å². The number of rotatable bonds is 5. The highest BCUT2D eigenvalue weighted by Crippen LogP contribution is 2.33. The lowest BCUT2D eigenvalue weighted by molar-refractivity contribution is 0.112. The van der Waals surface area contributed by atoms with Crippen LogP contribution in [0.15, 0.2) is 41.4 Å². The zero-order valence-electron chi connectivity index (χ0n) is 13.7. The van der Waals surface area contributed by atoms with Gasteiger partial charge in [0.1, 0.15) is 11.4 Å². The monoisotopic (exact) mass is 298 g/mol. The van der Waals surface area contributed by atoms with E-state index in [9.17, 15) is 0 Å². The van der Waals surface area contributed by atoms with E-state index in [0.717, 1.165) is 25.3 Å². The van der Waals surface area contributed by atoms with E-state index < -0.39 is 0 Å². The minimum absolute atomic E-state index is 0.190. The summed E-state index contributed by atoms with van der Waals surface area (Å²) in [4.78, 5) is 7.37. The molecule has 0 N–H and O–H groups in total. The Morgan fingerprint density at radius 2 is 1.95 bits per heavy atom. The fraction of sp³-hybridized carbons (Fsp3) is 0.526. The maximum absolute atomic E-state index is 5.99. The van der Waals surface area contributed by atoms with Crippen LogP contribution in [0.2, 0.25) is 0 Å². The van der Waals surface area contributed by atoms with Crippen LogP contribution < -0.4 is 4.74 Å². The van der Waals surface area contributed by atoms with E-state index >= 15 is 0 Å². The second-order valence-corrected chi connectivity index (χ2v) is 6.51. The molecule has 0 spiro atoms. The molecule has 1 atom stereocenters. The van der Waals surface area contributed by atoms with Gasteiger partial charge >= 0.3 is 0 Å². The maximum Gasteiger partial charge on any atom is 0.136 e. The molecular weight excluding hydrogens is 272 g/mol. The fourth-order valence-corrected chi connectivity index (χ4v) is 3.40. The average molecular weight is 298 g/mol. The molecule has 1 saturated heterocycles. The number of aliphatic imine (C=N–C) groups is 1. The molecule has 0 aliphatic carbocycles. The molecule has 0 saturated carbocycles. The second-order valence-electron chi connectivity index (χ2n) is 6.51. The van der Waals surface area contributed by atoms with E-state index in [1.165, 1.54) is 24.8 Å². The molecule has 0 bridgehead atoms. The Labute approximate surface area is 133 Å². The number of hydrogen-bond acceptors (Lipinski definition) is 3. The Morgan fingerprint density at radius 1 is 1.18 bits per heavy atom. The molecular formula is C19H26N2O. The lowest BCUT2D eigenvalue weighted by Crippen LogP contribution is -2.49. The first-order chi connectivity index (χ1) is 10.7. The molecule has 22 heavy (non-hydrogen) atoms. The van der Waals surface area contributed by atoms with E-state index in [0.29, 0.717) is 0 Å². The summed E-state index contributed by atoms with van der Waals surface area (Å²) >= 11 is 0. The molecule has 0 aromatic heterocycles. The van der Waals surface area contributed by atoms with Gasteiger partial charge in [0.05, 0.1) is 6.10 Å². The predicted octanol–water partition coefficient (Wildman–Crippen LogP) is 3.84. The number of nitrogens with zero attached hydrogens (tertiary/aromatic N) is 2. The Balaban J connectivity index is 1.86. The number of hydrogen-bond donors (Lipinski definition) is 0. The summed E-state index contributed by atoms with van der Waals surface area (Å²) in [6, 6.07) is 8.38. The molecule has 0 radical (unpaired) electrons. The zero-order chi connectivity index (χ0) is 15.4. The first kappa shape index (κ1) is 15.3. The lowest BCUT2D eigenvalue weighted by Gasteiger charge is -2.40. The van der Waals surface area contributed by atoms with Gasteiger partial charge in [0.2, 0.25) is 0 Å². The van der Waals surface area contributed by atoms with Crippen molar-refractivity contribution in [3.8, 4) is 5.75 Å². The van der Waals surface area contributed by atoms with Crippen molar-refractivity contribution in [2.24, 2.45) is 4.99 Å². The van der Waals surface area contributed by atoms with E-state index in [1.807, 2.05) is 12.3 Å². The molecule has 2 heterocycles. The van der Waals surface area contributed by atoms with Crippen LogP contribution >= 0.6 is 0 Å². The number of para-hydroxylation sites is 1. The van der Waals surface area contributed by atoms with Crippen LogP contribution in [0.1, 0.15) is 38.7 Å². The van der Waals surface area contributed by atoms with Gasteiger partial charge in [-0.25, -0.2) is 0 Å². The van der Waals surface area contributed by atoms with Gasteiger partial charge in [-0.15, -0.1) is 0 Å². The molecule has 3 heteroatoms. The highest BCUT2D eigenvalue weighted by Gasteiger charge is 2.36. The topological polar surface area (TPSA) is 24.8 Å². The van der Waals surface area contributed by atoms with Crippen molar-refractivity contribution in [3.63, 3.8) is 0 Å². The molecule has 1 aromatic rings. The summed E-state index contributed by atoms with van der Waals surface area (Å²) in [5.41, 5.74) is 1.03. The third kappa shape index (κ3) is 3.25. The van der Waals surface area contributed by atoms with Gasteiger partial charge in [-0.2, -0.15) is 0 Å². The van der Waals surface area contributed by atoms with Crippen molar-refractivity contribution in [2.45, 2.75) is 51.3 Å². The largest absolute Gasteiger partial charge is 0.491 e. The number of piperidine rings is 1. The van der Waals surface area contributed by atoms with Crippen molar-refractivity contribution in [1.29, 1.82) is 0 Å². The van der Waals surface area contributed by atoms with Gasteiger partial charge in [-0.1, -0.05) is 24.6 Å². The standard InChI is InChI=1S/C19H26N2O/c1-16(2)22-18-10-5-4-9-17(18)15-19(11-8-12-20-19)21-13-6-3-7-14-21/h4-5,8-12,16H,3,6-7,13-15H2,1-2H3. The quantitative estimate of drug-likeness (QED) is 0.825. The van der Waals surface area contributed by atoms with Crippen LogP contribution in [0.5, 0.6) is 5.75 Å². The van der Waals surface area contributed by atoms with Crippen LogP contribution in [-0.2, 0) is 6.42 Å². The fourth-order valence-electron chi connectivity index (χ4n) is 3.40. The van der Waals surface area contributed by atoms with Crippen molar-refractivity contribution in [1.82, 2.24) is 4.90 Å². The van der Waals surface area contributed by atoms with Crippen molar-refractivity contribution in [2.75, 3.05) is 13.1 Å². The number of benzene rings is 1. The first-order valence-electron chi connectivity index (χ1n) is 8.42. The predicted molar refractivity (Wildman–Crippen MR) is 91.7 cm³/mol. The van der Waals surface area contributed by atoms with Crippen molar-refractivity contribution >= 4 is 6.21 Å². The molecule has 118 valence electrons. The van der Waals surface area contributed by atoms with Crippen molar-refractivity contribution in [3.05, 3.63) is 42.0 Å². The first-order valence-corrected chi connectivity index (χ1v) is 8.42. The summed E-state index contributed by atoms with van der Waals surface area (Å²) in [5.74, 6) is 0.990. The zero-order valence-corrected chi connectivity index (χ0v) is 13.7. The molecule has 0 amide bonds. The molecule has 3 nitrogen and oxygen atoms in total. The number of allylic oxidation sites excluding steroid dienone is 1. The summed E-state index contributed by atoms with van der Waals surface area (Å²) in [6.07, 6.45) is 11.2. The van der Waals surface area contributed by atoms with E-state index in [4.69, 9.17) is 9.73 Å². The van der Waals surface area contributed by atoms with E-state index in [1.54, 1.807) is 0 Å². The average Bonchev–Trinajstić information content (AvgIpc) is 3.00. The van der Waals surface area contributed by atoms with Gasteiger partial charge in [0.25, 0.3) is 0 Å². The second kappa shape index (κ2) is 6.66. The van der Waals surface area contributed by atoms with Crippen LogP contribution in [0, 0.1) is 0 Å². The summed E-state index contributed by atoms with van der Waals surface area (Å²) in [5, 5.41) is 0. The van der Waals surface area contributed by atoms with Gasteiger partial charge in [0, 0.05) is 25.7 Å². The lowest BCUT2D eigenvalue weighted by atomic mass is 9.95. The third-order valence-corrected chi connectivity index (χ3v) is 4.44. The van der Waals surface area contributed by atoms with Crippen LogP contribution in [0.3, 0.4) is 0 Å². The summed E-state index contributed by atoms with van der Waals surface area (Å²) < 4.78 is 5.99. The molecule has 2 aliphatic rings. The minimum Gasteiger partial charge on any atom is -0.491 e. The smallest absolute Gasteiger partial charge is 0.136 e. The van der Waals surface area contributed by atoms with Crippen LogP contribution in [0.4, 0.5) is 0 Å². The minimum atomic E-state index is -0.211. The van der Waals surface area contributed by atoms with Gasteiger partial charge in [-0.05, 0) is 50.5 Å². The van der Waals surface area contributed by atoms with Gasteiger partial charge in [-0.3, -0.25) is 9.89 Å². The molecule has 2 aliphatic heterocycles. The Hall–Kier alpha value is -1.61. The van der Waals surface area contributed by atoms with Gasteiger partial charge in [0.15, 0.2) is 0 Å². The molecule has 1 aromatic carbocycles. The summed E-state index contributed by atoms with van der Waals surface area (Å²) in [7, 11) is 0. The normalized spacial score (nSPS) is 25.0. The number of ether oxygens (including phenoxy) is 1. The van der Waals surface area contributed by atoms with E-state index in [-0.39, 0.29) is 11.8 Å². The van der Waals surface area contributed by atoms with Crippen molar-refractivity contribution < 1.29 is 4.74 Å². The Kier molecular flexibility index (Phi) is 4.63. The SMILES string of the molecule is CC(C)Oc1ccccc1CC1(N2CCCCC2)C=CC=N1. The summed E-state index contributed by atoms with van der Waals surface area (Å²) in [6.45, 7) is 6.42. The Bertz CT molecular complexity index is 544. The molecule has 3 rings (SSSR count). The number of likely N-dealkylation sites (tertiary alicyclic amines) is 1. The third-order valence-electron chi connectivity index (χ3n) is 4.44. The maximum atomic E-state index is 5.99. The Morgan fingerprint density at radius 3 is 2.64 bits per heavy atom. The highest BCUT2D eigenvalue weighted by atomic mass is 16.5. The molecule has 1 unspecified atom stereocenters. The highest BCUT2D eigenvalue weighted by molar-refractivity contribution is 5.75.